The summed E-state index contributed by atoms with van der Waals surface area (Å²) in [6, 6.07) is 11.1. The van der Waals surface area contributed by atoms with Crippen molar-refractivity contribution in [2.24, 2.45) is 0 Å². The molecule has 1 atom stereocenters. The standard InChI is InChI=1S/C14H12BBrN2O2/c15-14(20)12-11(2-1-7-17-12)13(19)18(14)8-9-3-5-10(16)6-4-9/h1-7,20H,8,15H2. The van der Waals surface area contributed by atoms with Gasteiger partial charge in [0.05, 0.1) is 11.3 Å². The van der Waals surface area contributed by atoms with Crippen molar-refractivity contribution in [3.63, 3.8) is 0 Å². The lowest BCUT2D eigenvalue weighted by Gasteiger charge is -2.30. The molecule has 0 saturated heterocycles. The first-order chi connectivity index (χ1) is 9.50. The molecule has 1 aliphatic heterocycles. The van der Waals surface area contributed by atoms with E-state index in [4.69, 9.17) is 0 Å². The second-order valence-corrected chi connectivity index (χ2v) is 5.85. The van der Waals surface area contributed by atoms with Gasteiger partial charge in [0.2, 0.25) is 0 Å². The Morgan fingerprint density at radius 1 is 1.30 bits per heavy atom. The normalized spacial score (nSPS) is 21.1. The van der Waals surface area contributed by atoms with Crippen LogP contribution in [0, 0.1) is 0 Å². The predicted octanol–water partition coefficient (Wildman–Crippen LogP) is 1.24. The summed E-state index contributed by atoms with van der Waals surface area (Å²) in [5, 5.41) is 10.6. The molecular weight excluding hydrogens is 319 g/mol. The van der Waals surface area contributed by atoms with Crippen molar-refractivity contribution in [1.82, 2.24) is 9.88 Å². The van der Waals surface area contributed by atoms with Gasteiger partial charge in [-0.25, -0.2) is 0 Å². The lowest BCUT2D eigenvalue weighted by molar-refractivity contribution is -0.0223. The minimum Gasteiger partial charge on any atom is -0.374 e. The molecule has 100 valence electrons. The molecule has 1 amide bonds. The van der Waals surface area contributed by atoms with Crippen LogP contribution in [-0.4, -0.2) is 28.7 Å². The van der Waals surface area contributed by atoms with Gasteiger partial charge >= 0.3 is 0 Å². The third-order valence-corrected chi connectivity index (χ3v) is 4.04. The lowest BCUT2D eigenvalue weighted by Crippen LogP contribution is -2.44. The van der Waals surface area contributed by atoms with Crippen molar-refractivity contribution in [2.45, 2.75) is 12.2 Å². The number of nitrogens with zero attached hydrogens (tertiary/aromatic N) is 2. The molecule has 2 aromatic rings. The SMILES string of the molecule is BC1(O)c2ncccc2C(=O)N1Cc1ccc(Br)cc1. The van der Waals surface area contributed by atoms with E-state index in [2.05, 4.69) is 20.9 Å². The van der Waals surface area contributed by atoms with Crippen molar-refractivity contribution >= 4 is 29.7 Å². The average molecular weight is 331 g/mol. The number of amides is 1. The van der Waals surface area contributed by atoms with E-state index in [1.54, 1.807) is 26.2 Å². The van der Waals surface area contributed by atoms with Crippen LogP contribution in [0.15, 0.2) is 47.1 Å². The van der Waals surface area contributed by atoms with E-state index in [9.17, 15) is 9.90 Å². The van der Waals surface area contributed by atoms with E-state index in [0.29, 0.717) is 17.8 Å². The zero-order valence-corrected chi connectivity index (χ0v) is 12.5. The molecule has 0 radical (unpaired) electrons. The first-order valence-corrected chi connectivity index (χ1v) is 7.04. The van der Waals surface area contributed by atoms with Crippen LogP contribution in [0.1, 0.15) is 21.6 Å². The van der Waals surface area contributed by atoms with Gasteiger partial charge in [0.25, 0.3) is 5.91 Å². The van der Waals surface area contributed by atoms with Gasteiger partial charge in [0.15, 0.2) is 7.85 Å². The maximum Gasteiger partial charge on any atom is 0.258 e. The number of benzene rings is 1. The molecule has 4 nitrogen and oxygen atoms in total. The van der Waals surface area contributed by atoms with Crippen LogP contribution >= 0.6 is 15.9 Å². The number of halogens is 1. The van der Waals surface area contributed by atoms with Crippen LogP contribution in [0.3, 0.4) is 0 Å². The fraction of sp³-hybridized carbons (Fsp3) is 0.143. The van der Waals surface area contributed by atoms with E-state index in [-0.39, 0.29) is 5.91 Å². The van der Waals surface area contributed by atoms with Gasteiger partial charge in [0, 0.05) is 17.2 Å². The summed E-state index contributed by atoms with van der Waals surface area (Å²) >= 11 is 3.38. The summed E-state index contributed by atoms with van der Waals surface area (Å²) in [4.78, 5) is 18.0. The molecule has 3 rings (SSSR count). The number of rotatable bonds is 2. The Balaban J connectivity index is 1.96. The number of carbonyl (C=O) groups excluding carboxylic acids is 1. The summed E-state index contributed by atoms with van der Waals surface area (Å²) in [5.41, 5.74) is 0.465. The molecule has 6 heteroatoms. The molecule has 0 spiro atoms. The lowest BCUT2D eigenvalue weighted by atomic mass is 9.87. The second kappa shape index (κ2) is 4.72. The van der Waals surface area contributed by atoms with E-state index in [1.807, 2.05) is 24.3 Å². The van der Waals surface area contributed by atoms with Crippen LogP contribution in [0.4, 0.5) is 0 Å². The Kier molecular flexibility index (Phi) is 3.14. The molecule has 0 fully saturated rings. The molecule has 0 aliphatic carbocycles. The van der Waals surface area contributed by atoms with Gasteiger partial charge in [-0.15, -0.1) is 0 Å². The van der Waals surface area contributed by atoms with Crippen LogP contribution in [0.25, 0.3) is 0 Å². The Morgan fingerprint density at radius 3 is 2.65 bits per heavy atom. The quantitative estimate of drug-likeness (QED) is 0.843. The van der Waals surface area contributed by atoms with Crippen LogP contribution in [0.5, 0.6) is 0 Å². The van der Waals surface area contributed by atoms with Crippen molar-refractivity contribution in [1.29, 1.82) is 0 Å². The number of hydrogen-bond donors (Lipinski definition) is 1. The smallest absolute Gasteiger partial charge is 0.258 e. The third-order valence-electron chi connectivity index (χ3n) is 3.51. The average Bonchev–Trinajstić information content (AvgIpc) is 2.63. The fourth-order valence-corrected chi connectivity index (χ4v) is 2.69. The van der Waals surface area contributed by atoms with Crippen LogP contribution in [-0.2, 0) is 12.2 Å². The van der Waals surface area contributed by atoms with Crippen LogP contribution in [0.2, 0.25) is 0 Å². The maximum absolute atomic E-state index is 12.4. The van der Waals surface area contributed by atoms with Crippen molar-refractivity contribution in [3.8, 4) is 0 Å². The van der Waals surface area contributed by atoms with Crippen molar-refractivity contribution in [2.75, 3.05) is 0 Å². The highest BCUT2D eigenvalue weighted by molar-refractivity contribution is 9.10. The number of aliphatic hydroxyl groups is 1. The van der Waals surface area contributed by atoms with E-state index >= 15 is 0 Å². The van der Waals surface area contributed by atoms with Gasteiger partial charge in [0.1, 0.15) is 5.62 Å². The molecule has 1 unspecified atom stereocenters. The number of hydrogen-bond acceptors (Lipinski definition) is 3. The number of pyridine rings is 1. The zero-order valence-electron chi connectivity index (χ0n) is 10.9. The predicted molar refractivity (Wildman–Crippen MR) is 80.7 cm³/mol. The molecule has 2 heterocycles. The topological polar surface area (TPSA) is 53.4 Å². The Hall–Kier alpha value is -1.66. The summed E-state index contributed by atoms with van der Waals surface area (Å²) in [6.45, 7) is 0.343. The zero-order chi connectivity index (χ0) is 14.3. The van der Waals surface area contributed by atoms with Gasteiger partial charge < -0.3 is 10.0 Å². The maximum atomic E-state index is 12.4. The number of carbonyl (C=O) groups is 1. The summed E-state index contributed by atoms with van der Waals surface area (Å²) in [6.07, 6.45) is 1.59. The first kappa shape index (κ1) is 13.3. The van der Waals surface area contributed by atoms with E-state index in [1.165, 1.54) is 4.90 Å². The Morgan fingerprint density at radius 2 is 2.00 bits per heavy atom. The second-order valence-electron chi connectivity index (χ2n) is 4.94. The molecule has 1 aromatic carbocycles. The number of aromatic nitrogens is 1. The van der Waals surface area contributed by atoms with Gasteiger partial charge in [-0.1, -0.05) is 28.1 Å². The molecule has 0 saturated carbocycles. The third kappa shape index (κ3) is 2.05. The summed E-state index contributed by atoms with van der Waals surface area (Å²) < 4.78 is 0.978. The molecule has 1 aliphatic rings. The van der Waals surface area contributed by atoms with E-state index < -0.39 is 5.62 Å². The molecule has 1 aromatic heterocycles. The highest BCUT2D eigenvalue weighted by Gasteiger charge is 2.45. The van der Waals surface area contributed by atoms with Crippen molar-refractivity contribution < 1.29 is 9.90 Å². The molecule has 1 N–H and O–H groups in total. The highest BCUT2D eigenvalue weighted by atomic mass is 79.9. The molecule has 20 heavy (non-hydrogen) atoms. The summed E-state index contributed by atoms with van der Waals surface area (Å²) in [7, 11) is 1.60. The summed E-state index contributed by atoms with van der Waals surface area (Å²) in [5.74, 6) is -0.194. The Bertz CT molecular complexity index is 673. The number of fused-ring (bicyclic) bond motifs is 1. The Labute approximate surface area is 126 Å². The fourth-order valence-electron chi connectivity index (χ4n) is 2.42. The largest absolute Gasteiger partial charge is 0.374 e. The monoisotopic (exact) mass is 330 g/mol. The highest BCUT2D eigenvalue weighted by Crippen LogP contribution is 2.34. The van der Waals surface area contributed by atoms with Gasteiger partial charge in [-0.05, 0) is 29.8 Å². The minimum atomic E-state index is -1.37. The molecular formula is C14H12BBrN2O2. The van der Waals surface area contributed by atoms with Gasteiger partial charge in [-0.3, -0.25) is 9.78 Å². The van der Waals surface area contributed by atoms with Gasteiger partial charge in [-0.2, -0.15) is 0 Å². The van der Waals surface area contributed by atoms with E-state index in [0.717, 1.165) is 10.0 Å². The van der Waals surface area contributed by atoms with Crippen LogP contribution < -0.4 is 0 Å². The first-order valence-electron chi connectivity index (χ1n) is 6.24. The molecule has 0 bridgehead atoms. The minimum absolute atomic E-state index is 0.194. The van der Waals surface area contributed by atoms with Crippen molar-refractivity contribution in [3.05, 3.63) is 63.9 Å².